The Morgan fingerprint density at radius 1 is 1.11 bits per heavy atom. The number of fused-ring (bicyclic) bond motifs is 1. The molecule has 0 saturated heterocycles. The van der Waals surface area contributed by atoms with Crippen molar-refractivity contribution in [1.29, 1.82) is 0 Å². The molecule has 0 aliphatic rings. The van der Waals surface area contributed by atoms with E-state index >= 15 is 0 Å². The molecular weight excluding hydrogens is 371 g/mol. The van der Waals surface area contributed by atoms with Gasteiger partial charge in [0.15, 0.2) is 0 Å². The molecule has 0 atom stereocenters. The standard InChI is InChI=1S/C19H14F3N5O/c1-10-2-17-12(7-23-26-17)5-16(10)24-19-25-18(28)15(22)9-27(19)8-11-3-13(20)6-14(21)4-11/h2-7,9H,8H2,1H3,(H,23,26)(H,24,25,28). The highest BCUT2D eigenvalue weighted by molar-refractivity contribution is 5.84. The number of rotatable bonds is 4. The van der Waals surface area contributed by atoms with Gasteiger partial charge in [-0.2, -0.15) is 14.5 Å². The van der Waals surface area contributed by atoms with Crippen molar-refractivity contribution in [2.24, 2.45) is 0 Å². The lowest BCUT2D eigenvalue weighted by Gasteiger charge is -2.15. The van der Waals surface area contributed by atoms with Crippen LogP contribution in [-0.2, 0) is 6.54 Å². The first-order valence-corrected chi connectivity index (χ1v) is 8.32. The molecule has 2 heterocycles. The number of hydrogen-bond donors (Lipinski definition) is 2. The number of nitrogens with one attached hydrogen (secondary N) is 2. The number of benzene rings is 2. The van der Waals surface area contributed by atoms with Crippen LogP contribution >= 0.6 is 0 Å². The number of hydrogen-bond acceptors (Lipinski definition) is 4. The normalized spacial score (nSPS) is 11.1. The highest BCUT2D eigenvalue weighted by Gasteiger charge is 2.12. The third kappa shape index (κ3) is 3.46. The SMILES string of the molecule is Cc1cc2[nH]ncc2cc1Nc1nc(=O)c(F)cn1Cc1cc(F)cc(F)c1. The van der Waals surface area contributed by atoms with Crippen molar-refractivity contribution < 1.29 is 13.2 Å². The zero-order chi connectivity index (χ0) is 19.8. The van der Waals surface area contributed by atoms with E-state index in [1.54, 1.807) is 12.3 Å². The van der Waals surface area contributed by atoms with Crippen LogP contribution in [0.15, 0.2) is 47.5 Å². The van der Waals surface area contributed by atoms with Gasteiger partial charge in [0.1, 0.15) is 11.6 Å². The fourth-order valence-electron chi connectivity index (χ4n) is 2.94. The van der Waals surface area contributed by atoms with Crippen molar-refractivity contribution in [3.8, 4) is 0 Å². The molecule has 0 spiro atoms. The molecule has 0 amide bonds. The predicted octanol–water partition coefficient (Wildman–Crippen LogP) is 3.64. The van der Waals surface area contributed by atoms with E-state index in [0.29, 0.717) is 5.69 Å². The van der Waals surface area contributed by atoms with Gasteiger partial charge in [0.05, 0.1) is 18.3 Å². The molecule has 28 heavy (non-hydrogen) atoms. The van der Waals surface area contributed by atoms with Crippen LogP contribution in [0.25, 0.3) is 10.9 Å². The molecule has 0 aliphatic heterocycles. The Hall–Kier alpha value is -3.62. The van der Waals surface area contributed by atoms with Crippen LogP contribution in [0.1, 0.15) is 11.1 Å². The Morgan fingerprint density at radius 3 is 2.61 bits per heavy atom. The van der Waals surface area contributed by atoms with Crippen molar-refractivity contribution in [3.05, 3.63) is 81.7 Å². The van der Waals surface area contributed by atoms with Gasteiger partial charge in [0.2, 0.25) is 11.8 Å². The third-order valence-corrected chi connectivity index (χ3v) is 4.26. The van der Waals surface area contributed by atoms with Gasteiger partial charge < -0.3 is 9.88 Å². The number of anilines is 2. The van der Waals surface area contributed by atoms with E-state index in [9.17, 15) is 18.0 Å². The van der Waals surface area contributed by atoms with Crippen molar-refractivity contribution in [3.63, 3.8) is 0 Å². The van der Waals surface area contributed by atoms with Crippen LogP contribution in [0.4, 0.5) is 24.8 Å². The van der Waals surface area contributed by atoms with Crippen LogP contribution < -0.4 is 10.9 Å². The Balaban J connectivity index is 1.76. The first-order chi connectivity index (χ1) is 13.4. The van der Waals surface area contributed by atoms with Gasteiger partial charge >= 0.3 is 5.56 Å². The average molecular weight is 385 g/mol. The van der Waals surface area contributed by atoms with Crippen molar-refractivity contribution in [2.75, 3.05) is 5.32 Å². The number of halogens is 3. The minimum Gasteiger partial charge on any atom is -0.325 e. The molecule has 9 heteroatoms. The number of aromatic amines is 1. The Morgan fingerprint density at radius 2 is 1.86 bits per heavy atom. The summed E-state index contributed by atoms with van der Waals surface area (Å²) < 4.78 is 42.1. The van der Waals surface area contributed by atoms with E-state index < -0.39 is 23.0 Å². The van der Waals surface area contributed by atoms with E-state index in [0.717, 1.165) is 40.9 Å². The number of aryl methyl sites for hydroxylation is 1. The smallest absolute Gasteiger partial charge is 0.310 e. The molecule has 0 radical (unpaired) electrons. The molecule has 0 saturated carbocycles. The molecule has 2 aromatic carbocycles. The summed E-state index contributed by atoms with van der Waals surface area (Å²) in [4.78, 5) is 15.5. The second-order valence-corrected chi connectivity index (χ2v) is 6.37. The van der Waals surface area contributed by atoms with Crippen molar-refractivity contribution in [1.82, 2.24) is 19.7 Å². The van der Waals surface area contributed by atoms with E-state index in [2.05, 4.69) is 20.5 Å². The zero-order valence-electron chi connectivity index (χ0n) is 14.6. The maximum Gasteiger partial charge on any atom is 0.310 e. The minimum atomic E-state index is -1.07. The van der Waals surface area contributed by atoms with Gasteiger partial charge in [-0.15, -0.1) is 0 Å². The largest absolute Gasteiger partial charge is 0.325 e. The van der Waals surface area contributed by atoms with E-state index in [-0.39, 0.29) is 18.1 Å². The summed E-state index contributed by atoms with van der Waals surface area (Å²) in [6, 6.07) is 6.67. The predicted molar refractivity (Wildman–Crippen MR) is 98.0 cm³/mol. The lowest BCUT2D eigenvalue weighted by atomic mass is 10.1. The van der Waals surface area contributed by atoms with Gasteiger partial charge in [-0.25, -0.2) is 8.78 Å². The molecule has 6 nitrogen and oxygen atoms in total. The summed E-state index contributed by atoms with van der Waals surface area (Å²) in [5.41, 5.74) is 1.52. The first-order valence-electron chi connectivity index (χ1n) is 8.32. The Bertz CT molecular complexity index is 1230. The highest BCUT2D eigenvalue weighted by Crippen LogP contribution is 2.25. The zero-order valence-corrected chi connectivity index (χ0v) is 14.6. The van der Waals surface area contributed by atoms with Crippen LogP contribution in [0.2, 0.25) is 0 Å². The van der Waals surface area contributed by atoms with Crippen LogP contribution in [0.5, 0.6) is 0 Å². The van der Waals surface area contributed by atoms with Crippen molar-refractivity contribution >= 4 is 22.5 Å². The van der Waals surface area contributed by atoms with Crippen molar-refractivity contribution in [2.45, 2.75) is 13.5 Å². The summed E-state index contributed by atoms with van der Waals surface area (Å²) in [7, 11) is 0. The highest BCUT2D eigenvalue weighted by atomic mass is 19.1. The lowest BCUT2D eigenvalue weighted by molar-refractivity contribution is 0.568. The molecule has 142 valence electrons. The molecule has 4 rings (SSSR count). The quantitative estimate of drug-likeness (QED) is 0.563. The average Bonchev–Trinajstić information content (AvgIpc) is 3.05. The summed E-state index contributed by atoms with van der Waals surface area (Å²) in [5, 5.41) is 10.6. The maximum atomic E-state index is 13.8. The van der Waals surface area contributed by atoms with E-state index in [4.69, 9.17) is 0 Å². The van der Waals surface area contributed by atoms with Gasteiger partial charge in [-0.1, -0.05) is 0 Å². The molecule has 0 unspecified atom stereocenters. The molecule has 2 N–H and O–H groups in total. The molecule has 0 aliphatic carbocycles. The number of H-pyrrole nitrogens is 1. The minimum absolute atomic E-state index is 0.0435. The summed E-state index contributed by atoms with van der Waals surface area (Å²) in [6.07, 6.45) is 2.59. The van der Waals surface area contributed by atoms with Crippen LogP contribution in [0.3, 0.4) is 0 Å². The third-order valence-electron chi connectivity index (χ3n) is 4.26. The molecule has 0 fully saturated rings. The Labute approximate surface area is 156 Å². The second-order valence-electron chi connectivity index (χ2n) is 6.37. The van der Waals surface area contributed by atoms with Gasteiger partial charge in [0, 0.05) is 23.3 Å². The van der Waals surface area contributed by atoms with Gasteiger partial charge in [0.25, 0.3) is 0 Å². The van der Waals surface area contributed by atoms with Crippen LogP contribution in [-0.4, -0.2) is 19.7 Å². The monoisotopic (exact) mass is 385 g/mol. The summed E-state index contributed by atoms with van der Waals surface area (Å²) >= 11 is 0. The molecule has 0 bridgehead atoms. The fraction of sp³-hybridized carbons (Fsp3) is 0.105. The Kier molecular flexibility index (Phi) is 4.34. The van der Waals surface area contributed by atoms with E-state index in [1.165, 1.54) is 4.57 Å². The first kappa shape index (κ1) is 17.8. The van der Waals surface area contributed by atoms with E-state index in [1.807, 2.05) is 13.0 Å². The maximum absolute atomic E-state index is 13.8. The number of aromatic nitrogens is 4. The molecule has 4 aromatic rings. The molecular formula is C19H14F3N5O. The topological polar surface area (TPSA) is 75.6 Å². The second kappa shape index (κ2) is 6.84. The molecule has 2 aromatic heterocycles. The van der Waals surface area contributed by atoms with Gasteiger partial charge in [-0.3, -0.25) is 9.89 Å². The number of nitrogens with zero attached hydrogens (tertiary/aromatic N) is 3. The summed E-state index contributed by atoms with van der Waals surface area (Å²) in [5.74, 6) is -2.52. The summed E-state index contributed by atoms with van der Waals surface area (Å²) in [6.45, 7) is 1.75. The van der Waals surface area contributed by atoms with Crippen LogP contribution in [0, 0.1) is 24.4 Å². The van der Waals surface area contributed by atoms with Gasteiger partial charge in [-0.05, 0) is 42.3 Å². The lowest BCUT2D eigenvalue weighted by Crippen LogP contribution is -2.20. The fourth-order valence-corrected chi connectivity index (χ4v) is 2.94.